The topological polar surface area (TPSA) is 9.23 Å². The Balaban J connectivity index is 5.14. The number of alkyl halides is 14. The van der Waals surface area contributed by atoms with Crippen molar-refractivity contribution in [2.75, 3.05) is 13.2 Å². The summed E-state index contributed by atoms with van der Waals surface area (Å²) < 4.78 is 178. The average Bonchev–Trinajstić information content (AvgIpc) is 2.43. The maximum absolute atomic E-state index is 13.1. The van der Waals surface area contributed by atoms with E-state index < -0.39 is 60.4 Å². The summed E-state index contributed by atoms with van der Waals surface area (Å²) in [5, 5.41) is 0. The minimum absolute atomic E-state index is 2.01. The molecular weight excluding hydrogens is 426 g/mol. The molecule has 0 saturated heterocycles. The summed E-state index contributed by atoms with van der Waals surface area (Å²) in [6, 6.07) is 0. The summed E-state index contributed by atoms with van der Waals surface area (Å²) >= 11 is 0. The molecule has 0 aromatic heterocycles. The molecule has 0 N–H and O–H groups in total. The number of ether oxygens (including phenoxy) is 1. The van der Waals surface area contributed by atoms with Crippen molar-refractivity contribution in [3.05, 3.63) is 24.3 Å². The van der Waals surface area contributed by atoms with E-state index in [0.29, 0.717) is 0 Å². The molecule has 0 saturated carbocycles. The van der Waals surface area contributed by atoms with Crippen LogP contribution >= 0.6 is 0 Å². The van der Waals surface area contributed by atoms with Gasteiger partial charge in [0.15, 0.2) is 0 Å². The van der Waals surface area contributed by atoms with Crippen molar-refractivity contribution < 1.29 is 66.2 Å². The highest BCUT2D eigenvalue weighted by Crippen LogP contribution is 2.50. The molecule has 160 valence electrons. The Bertz CT molecular complexity index is 518. The zero-order valence-electron chi connectivity index (χ0n) is 12.5. The van der Waals surface area contributed by atoms with Gasteiger partial charge in [-0.2, -0.15) is 61.5 Å². The van der Waals surface area contributed by atoms with Gasteiger partial charge in [0, 0.05) is 11.1 Å². The molecule has 27 heavy (non-hydrogen) atoms. The van der Waals surface area contributed by atoms with Crippen molar-refractivity contribution in [1.82, 2.24) is 0 Å². The molecule has 0 aromatic carbocycles. The predicted molar refractivity (Wildman–Crippen MR) is 61.0 cm³/mol. The van der Waals surface area contributed by atoms with Crippen molar-refractivity contribution in [2.24, 2.45) is 0 Å². The van der Waals surface area contributed by atoms with E-state index in [-0.39, 0.29) is 0 Å². The number of rotatable bonds is 8. The van der Waals surface area contributed by atoms with Gasteiger partial charge in [-0.25, -0.2) is 0 Å². The van der Waals surface area contributed by atoms with Gasteiger partial charge < -0.3 is 4.74 Å². The summed E-state index contributed by atoms with van der Waals surface area (Å²) in [6.45, 7) is 0.289. The van der Waals surface area contributed by atoms with E-state index in [1.165, 1.54) is 0 Å². The van der Waals surface area contributed by atoms with Gasteiger partial charge in [-0.15, -0.1) is 0 Å². The SMILES string of the molecule is C=C(COCC(=C)C(F)(F)C(F)(F)C(F)(F)F)C(F)(F)C(F)(F)C(F)(F)F. The van der Waals surface area contributed by atoms with Gasteiger partial charge in [-0.05, 0) is 0 Å². The highest BCUT2D eigenvalue weighted by molar-refractivity contribution is 5.18. The fourth-order valence-electron chi connectivity index (χ4n) is 1.28. The van der Waals surface area contributed by atoms with Crippen molar-refractivity contribution >= 4 is 0 Å². The van der Waals surface area contributed by atoms with E-state index in [2.05, 4.69) is 17.9 Å². The summed E-state index contributed by atoms with van der Waals surface area (Å²) in [7, 11) is 0. The largest absolute Gasteiger partial charge is 0.460 e. The summed E-state index contributed by atoms with van der Waals surface area (Å²) in [5.74, 6) is -25.3. The van der Waals surface area contributed by atoms with Crippen LogP contribution in [0.5, 0.6) is 0 Å². The first kappa shape index (κ1) is 25.5. The first-order valence-corrected chi connectivity index (χ1v) is 6.14. The average molecular weight is 434 g/mol. The lowest BCUT2D eigenvalue weighted by Crippen LogP contribution is -2.54. The van der Waals surface area contributed by atoms with E-state index >= 15 is 0 Å². The molecule has 0 aliphatic heterocycles. The predicted octanol–water partition coefficient (Wildman–Crippen LogP) is 5.78. The maximum atomic E-state index is 13.1. The second-order valence-corrected chi connectivity index (χ2v) is 4.99. The molecule has 0 amide bonds. The van der Waals surface area contributed by atoms with Crippen molar-refractivity contribution in [1.29, 1.82) is 0 Å². The summed E-state index contributed by atoms with van der Waals surface area (Å²) in [5.41, 5.74) is -4.60. The second-order valence-electron chi connectivity index (χ2n) is 4.99. The third kappa shape index (κ3) is 4.48. The standard InChI is InChI=1S/C12H8F14O/c1-5(7(13,14)9(17,18)11(21,22)23)3-27-4-6(2)8(15,16)10(19,20)12(24,25)26/h1-4H2. The minimum atomic E-state index is -6.75. The van der Waals surface area contributed by atoms with Crippen LogP contribution in [0.2, 0.25) is 0 Å². The lowest BCUT2D eigenvalue weighted by molar-refractivity contribution is -0.346. The fourth-order valence-corrected chi connectivity index (χ4v) is 1.28. The molecule has 0 aliphatic rings. The molecule has 1 nitrogen and oxygen atoms in total. The highest BCUT2D eigenvalue weighted by Gasteiger charge is 2.74. The van der Waals surface area contributed by atoms with Gasteiger partial charge in [0.25, 0.3) is 0 Å². The number of hydrogen-bond donors (Lipinski definition) is 0. The fraction of sp³-hybridized carbons (Fsp3) is 0.667. The first-order valence-electron chi connectivity index (χ1n) is 6.14. The monoisotopic (exact) mass is 434 g/mol. The zero-order chi connectivity index (χ0) is 22.3. The van der Waals surface area contributed by atoms with Crippen LogP contribution in [0.15, 0.2) is 24.3 Å². The van der Waals surface area contributed by atoms with Crippen LogP contribution < -0.4 is 0 Å². The van der Waals surface area contributed by atoms with Gasteiger partial charge >= 0.3 is 36.0 Å². The quantitative estimate of drug-likeness (QED) is 0.348. The highest BCUT2D eigenvalue weighted by atomic mass is 19.4. The third-order valence-electron chi connectivity index (χ3n) is 2.94. The van der Waals surface area contributed by atoms with Crippen molar-refractivity contribution in [2.45, 2.75) is 36.0 Å². The molecule has 0 heterocycles. The molecule has 0 rings (SSSR count). The first-order chi connectivity index (χ1) is 11.5. The van der Waals surface area contributed by atoms with Crippen LogP contribution in [-0.4, -0.2) is 49.3 Å². The Morgan fingerprint density at radius 2 is 0.741 bits per heavy atom. The third-order valence-corrected chi connectivity index (χ3v) is 2.94. The maximum Gasteiger partial charge on any atom is 0.460 e. The van der Waals surface area contributed by atoms with Gasteiger partial charge in [0.2, 0.25) is 0 Å². The number of halogens is 14. The van der Waals surface area contributed by atoms with Crippen LogP contribution in [0.3, 0.4) is 0 Å². The van der Waals surface area contributed by atoms with Crippen molar-refractivity contribution in [3.63, 3.8) is 0 Å². The summed E-state index contributed by atoms with van der Waals surface area (Å²) in [4.78, 5) is 0. The Morgan fingerprint density at radius 1 is 0.519 bits per heavy atom. The van der Waals surface area contributed by atoms with Crippen LogP contribution in [0.25, 0.3) is 0 Å². The van der Waals surface area contributed by atoms with Crippen LogP contribution in [0, 0.1) is 0 Å². The smallest absolute Gasteiger partial charge is 0.372 e. The lowest BCUT2D eigenvalue weighted by atomic mass is 10.0. The lowest BCUT2D eigenvalue weighted by Gasteiger charge is -2.30. The van der Waals surface area contributed by atoms with Gasteiger partial charge in [0.05, 0.1) is 13.2 Å². The molecule has 0 bridgehead atoms. The Morgan fingerprint density at radius 3 is 0.926 bits per heavy atom. The van der Waals surface area contributed by atoms with E-state index in [9.17, 15) is 61.5 Å². The van der Waals surface area contributed by atoms with Gasteiger partial charge in [-0.3, -0.25) is 0 Å². The second kappa shape index (κ2) is 7.13. The summed E-state index contributed by atoms with van der Waals surface area (Å²) in [6.07, 6.45) is -13.5. The molecule has 15 heteroatoms. The molecule has 0 fully saturated rings. The van der Waals surface area contributed by atoms with Crippen LogP contribution in [-0.2, 0) is 4.74 Å². The van der Waals surface area contributed by atoms with Crippen LogP contribution in [0.4, 0.5) is 61.5 Å². The van der Waals surface area contributed by atoms with Gasteiger partial charge in [-0.1, -0.05) is 13.2 Å². The molecule has 0 atom stereocenters. The number of hydrogen-bond acceptors (Lipinski definition) is 1. The van der Waals surface area contributed by atoms with Crippen LogP contribution in [0.1, 0.15) is 0 Å². The zero-order valence-corrected chi connectivity index (χ0v) is 12.5. The van der Waals surface area contributed by atoms with E-state index in [4.69, 9.17) is 0 Å². The Labute approximate surface area is 141 Å². The molecular formula is C12H8F14O. The normalized spacial score (nSPS) is 15.0. The van der Waals surface area contributed by atoms with Gasteiger partial charge in [0.1, 0.15) is 0 Å². The van der Waals surface area contributed by atoms with Crippen molar-refractivity contribution in [3.8, 4) is 0 Å². The molecule has 0 unspecified atom stereocenters. The molecule has 0 spiro atoms. The van der Waals surface area contributed by atoms with E-state index in [1.54, 1.807) is 0 Å². The minimum Gasteiger partial charge on any atom is -0.372 e. The molecule has 0 radical (unpaired) electrons. The van der Waals surface area contributed by atoms with E-state index in [1.807, 2.05) is 0 Å². The Kier molecular flexibility index (Phi) is 6.72. The van der Waals surface area contributed by atoms with E-state index in [0.717, 1.165) is 0 Å². The molecule has 0 aromatic rings. The molecule has 0 aliphatic carbocycles. The Hall–Kier alpha value is -1.54.